The molecule has 4 nitrogen and oxygen atoms in total. The maximum atomic E-state index is 5.91. The topological polar surface area (TPSA) is 33.1 Å². The molecule has 2 aromatic rings. The molecular formula is C17H21ClN4S. The van der Waals surface area contributed by atoms with Gasteiger partial charge in [-0.05, 0) is 56.1 Å². The first-order chi connectivity index (χ1) is 11.1. The Morgan fingerprint density at radius 2 is 2.09 bits per heavy atom. The lowest BCUT2D eigenvalue weighted by molar-refractivity contribution is 0.262. The lowest BCUT2D eigenvalue weighted by Crippen LogP contribution is -2.44. The first-order valence-corrected chi connectivity index (χ1v) is 8.76. The maximum Gasteiger partial charge on any atom is 0.174 e. The molecule has 0 spiro atoms. The molecule has 1 aliphatic rings. The first-order valence-electron chi connectivity index (χ1n) is 7.97. The summed E-state index contributed by atoms with van der Waals surface area (Å²) >= 11 is 11.4. The average molecular weight is 349 g/mol. The molecule has 6 heteroatoms. The number of halogens is 1. The lowest BCUT2D eigenvalue weighted by Gasteiger charge is -2.35. The summed E-state index contributed by atoms with van der Waals surface area (Å²) in [6, 6.07) is 10.3. The van der Waals surface area contributed by atoms with Gasteiger partial charge in [0, 0.05) is 29.9 Å². The van der Waals surface area contributed by atoms with Crippen molar-refractivity contribution in [2.45, 2.75) is 38.8 Å². The SMILES string of the molecule is C[C@@H]1CCCCN1C(=S)Nc1ccn(Cc2ccc(Cl)cc2)n1. The van der Waals surface area contributed by atoms with Gasteiger partial charge in [-0.2, -0.15) is 5.10 Å². The van der Waals surface area contributed by atoms with E-state index in [1.165, 1.54) is 19.3 Å². The van der Waals surface area contributed by atoms with Crippen LogP contribution in [0.4, 0.5) is 5.82 Å². The van der Waals surface area contributed by atoms with E-state index in [9.17, 15) is 0 Å². The van der Waals surface area contributed by atoms with Gasteiger partial charge < -0.3 is 10.2 Å². The van der Waals surface area contributed by atoms with Crippen LogP contribution in [0.1, 0.15) is 31.7 Å². The van der Waals surface area contributed by atoms with E-state index >= 15 is 0 Å². The molecule has 0 aliphatic carbocycles. The molecule has 0 amide bonds. The van der Waals surface area contributed by atoms with Gasteiger partial charge in [0.1, 0.15) is 0 Å². The summed E-state index contributed by atoms with van der Waals surface area (Å²) in [5, 5.41) is 9.33. The first kappa shape index (κ1) is 16.3. The highest BCUT2D eigenvalue weighted by molar-refractivity contribution is 7.80. The number of likely N-dealkylation sites (tertiary alicyclic amines) is 1. The van der Waals surface area contributed by atoms with Crippen molar-refractivity contribution in [1.29, 1.82) is 0 Å². The number of nitrogens with one attached hydrogen (secondary N) is 1. The Hall–Kier alpha value is -1.59. The molecule has 23 heavy (non-hydrogen) atoms. The molecular weight excluding hydrogens is 328 g/mol. The zero-order chi connectivity index (χ0) is 16.2. The number of nitrogens with zero attached hydrogens (tertiary/aromatic N) is 3. The molecule has 1 atom stereocenters. The summed E-state index contributed by atoms with van der Waals surface area (Å²) < 4.78 is 1.90. The van der Waals surface area contributed by atoms with Gasteiger partial charge in [0.15, 0.2) is 10.9 Å². The molecule has 2 heterocycles. The second kappa shape index (κ2) is 7.32. The molecule has 122 valence electrons. The number of hydrogen-bond acceptors (Lipinski definition) is 2. The fourth-order valence-corrected chi connectivity index (χ4v) is 3.38. The molecule has 1 N–H and O–H groups in total. The quantitative estimate of drug-likeness (QED) is 0.844. The van der Waals surface area contributed by atoms with Crippen LogP contribution in [-0.4, -0.2) is 32.4 Å². The summed E-state index contributed by atoms with van der Waals surface area (Å²) in [7, 11) is 0. The molecule has 0 bridgehead atoms. The van der Waals surface area contributed by atoms with Crippen molar-refractivity contribution in [1.82, 2.24) is 14.7 Å². The van der Waals surface area contributed by atoms with E-state index in [2.05, 4.69) is 22.2 Å². The summed E-state index contributed by atoms with van der Waals surface area (Å²) in [6.45, 7) is 3.97. The predicted octanol–water partition coefficient (Wildman–Crippen LogP) is 4.16. The Morgan fingerprint density at radius 3 is 2.83 bits per heavy atom. The number of aromatic nitrogens is 2. The zero-order valence-electron chi connectivity index (χ0n) is 13.2. The van der Waals surface area contributed by atoms with Crippen molar-refractivity contribution in [3.05, 3.63) is 47.1 Å². The predicted molar refractivity (Wildman–Crippen MR) is 99.0 cm³/mol. The van der Waals surface area contributed by atoms with Crippen LogP contribution in [-0.2, 0) is 6.54 Å². The number of thiocarbonyl (C=S) groups is 1. The van der Waals surface area contributed by atoms with Crippen molar-refractivity contribution in [2.24, 2.45) is 0 Å². The van der Waals surface area contributed by atoms with E-state index in [0.29, 0.717) is 12.6 Å². The molecule has 0 saturated carbocycles. The van der Waals surface area contributed by atoms with Crippen LogP contribution in [0.3, 0.4) is 0 Å². The van der Waals surface area contributed by atoms with Gasteiger partial charge in [-0.1, -0.05) is 23.7 Å². The highest BCUT2D eigenvalue weighted by Gasteiger charge is 2.20. The molecule has 1 saturated heterocycles. The Bertz CT molecular complexity index is 667. The van der Waals surface area contributed by atoms with Crippen molar-refractivity contribution < 1.29 is 0 Å². The monoisotopic (exact) mass is 348 g/mol. The molecule has 3 rings (SSSR count). The summed E-state index contributed by atoms with van der Waals surface area (Å²) in [6.07, 6.45) is 5.65. The third-order valence-electron chi connectivity index (χ3n) is 4.20. The molecule has 0 radical (unpaired) electrons. The summed E-state index contributed by atoms with van der Waals surface area (Å²) in [5.74, 6) is 0.793. The van der Waals surface area contributed by atoms with Gasteiger partial charge >= 0.3 is 0 Å². The average Bonchev–Trinajstić information content (AvgIpc) is 2.97. The van der Waals surface area contributed by atoms with Crippen molar-refractivity contribution in [2.75, 3.05) is 11.9 Å². The Labute approximate surface area is 147 Å². The van der Waals surface area contributed by atoms with Crippen LogP contribution >= 0.6 is 23.8 Å². The largest absolute Gasteiger partial charge is 0.346 e. The van der Waals surface area contributed by atoms with Crippen LogP contribution < -0.4 is 5.32 Å². The van der Waals surface area contributed by atoms with Crippen molar-refractivity contribution >= 4 is 34.7 Å². The van der Waals surface area contributed by atoms with Crippen molar-refractivity contribution in [3.8, 4) is 0 Å². The van der Waals surface area contributed by atoms with Gasteiger partial charge in [-0.3, -0.25) is 4.68 Å². The third kappa shape index (κ3) is 4.24. The van der Waals surface area contributed by atoms with Gasteiger partial charge in [0.2, 0.25) is 0 Å². The second-order valence-corrected chi connectivity index (χ2v) is 6.82. The third-order valence-corrected chi connectivity index (χ3v) is 4.79. The van der Waals surface area contributed by atoms with E-state index in [1.54, 1.807) is 0 Å². The van der Waals surface area contributed by atoms with Crippen molar-refractivity contribution in [3.63, 3.8) is 0 Å². The Morgan fingerprint density at radius 1 is 1.30 bits per heavy atom. The minimum absolute atomic E-state index is 0.500. The second-order valence-electron chi connectivity index (χ2n) is 5.99. The van der Waals surface area contributed by atoms with Gasteiger partial charge in [-0.25, -0.2) is 0 Å². The van der Waals surface area contributed by atoms with E-state index in [1.807, 2.05) is 41.2 Å². The minimum atomic E-state index is 0.500. The Kier molecular flexibility index (Phi) is 5.18. The fraction of sp³-hybridized carbons (Fsp3) is 0.412. The van der Waals surface area contributed by atoms with E-state index in [0.717, 1.165) is 28.1 Å². The van der Waals surface area contributed by atoms with Crippen LogP contribution in [0.2, 0.25) is 5.02 Å². The highest BCUT2D eigenvalue weighted by atomic mass is 35.5. The number of piperidine rings is 1. The zero-order valence-corrected chi connectivity index (χ0v) is 14.8. The van der Waals surface area contributed by atoms with Crippen LogP contribution in [0.25, 0.3) is 0 Å². The van der Waals surface area contributed by atoms with E-state index < -0.39 is 0 Å². The number of rotatable bonds is 3. The van der Waals surface area contributed by atoms with Gasteiger partial charge in [-0.15, -0.1) is 0 Å². The Balaban J connectivity index is 1.60. The summed E-state index contributed by atoms with van der Waals surface area (Å²) in [4.78, 5) is 2.26. The normalized spacial score (nSPS) is 18.0. The fourth-order valence-electron chi connectivity index (χ4n) is 2.87. The number of benzene rings is 1. The molecule has 0 unspecified atom stereocenters. The molecule has 1 aromatic heterocycles. The van der Waals surface area contributed by atoms with Gasteiger partial charge in [0.25, 0.3) is 0 Å². The highest BCUT2D eigenvalue weighted by Crippen LogP contribution is 2.18. The minimum Gasteiger partial charge on any atom is -0.346 e. The van der Waals surface area contributed by atoms with E-state index in [4.69, 9.17) is 23.8 Å². The summed E-state index contributed by atoms with van der Waals surface area (Å²) in [5.41, 5.74) is 1.16. The smallest absolute Gasteiger partial charge is 0.174 e. The lowest BCUT2D eigenvalue weighted by atomic mass is 10.0. The molecule has 1 aromatic carbocycles. The van der Waals surface area contributed by atoms with Crippen LogP contribution in [0.5, 0.6) is 0 Å². The molecule has 1 fully saturated rings. The number of hydrogen-bond donors (Lipinski definition) is 1. The molecule has 1 aliphatic heterocycles. The maximum absolute atomic E-state index is 5.91. The van der Waals surface area contributed by atoms with Crippen LogP contribution in [0, 0.1) is 0 Å². The van der Waals surface area contributed by atoms with Gasteiger partial charge in [0.05, 0.1) is 6.54 Å². The standard InChI is InChI=1S/C17H21ClN4S/c1-13-4-2-3-10-22(13)17(23)19-16-9-11-21(20-16)12-14-5-7-15(18)8-6-14/h5-9,11,13H,2-4,10,12H2,1H3,(H,19,20,23)/t13-/m1/s1. The van der Waals surface area contributed by atoms with E-state index in [-0.39, 0.29) is 0 Å². The number of anilines is 1. The van der Waals surface area contributed by atoms with Crippen LogP contribution in [0.15, 0.2) is 36.5 Å².